The van der Waals surface area contributed by atoms with Crippen molar-refractivity contribution >= 4 is 10.0 Å². The van der Waals surface area contributed by atoms with Crippen LogP contribution in [0.4, 0.5) is 0 Å². The topological polar surface area (TPSA) is 40.6 Å². The van der Waals surface area contributed by atoms with Crippen LogP contribution in [0, 0.1) is 0 Å². The average molecular weight is 284 g/mol. The highest BCUT2D eigenvalue weighted by atomic mass is 32.2. The molecular formula is C14H24N2O2S. The van der Waals surface area contributed by atoms with Gasteiger partial charge in [-0.25, -0.2) is 12.7 Å². The molecule has 4 nitrogen and oxygen atoms in total. The van der Waals surface area contributed by atoms with Crippen molar-refractivity contribution in [2.45, 2.75) is 31.2 Å². The maximum atomic E-state index is 12.1. The molecule has 0 N–H and O–H groups in total. The largest absolute Gasteiger partial charge is 0.302 e. The lowest BCUT2D eigenvalue weighted by atomic mass is 10.2. The van der Waals surface area contributed by atoms with E-state index in [4.69, 9.17) is 0 Å². The quantitative estimate of drug-likeness (QED) is 0.770. The molecule has 0 amide bonds. The Hall–Kier alpha value is -0.910. The molecule has 0 aliphatic heterocycles. The third-order valence-corrected chi connectivity index (χ3v) is 4.83. The highest BCUT2D eigenvalue weighted by Crippen LogP contribution is 2.15. The fraction of sp³-hybridized carbons (Fsp3) is 0.571. The third kappa shape index (κ3) is 4.60. The van der Waals surface area contributed by atoms with Crippen molar-refractivity contribution in [2.24, 2.45) is 0 Å². The summed E-state index contributed by atoms with van der Waals surface area (Å²) >= 11 is 0. The van der Waals surface area contributed by atoms with Crippen LogP contribution in [-0.4, -0.2) is 45.3 Å². The van der Waals surface area contributed by atoms with E-state index in [-0.39, 0.29) is 0 Å². The van der Waals surface area contributed by atoms with Crippen molar-refractivity contribution in [3.8, 4) is 0 Å². The van der Waals surface area contributed by atoms with Gasteiger partial charge in [-0.3, -0.25) is 0 Å². The lowest BCUT2D eigenvalue weighted by molar-refractivity contribution is 0.320. The van der Waals surface area contributed by atoms with Gasteiger partial charge in [0.2, 0.25) is 10.0 Å². The van der Waals surface area contributed by atoms with Crippen molar-refractivity contribution in [3.05, 3.63) is 29.8 Å². The van der Waals surface area contributed by atoms with Crippen LogP contribution >= 0.6 is 0 Å². The number of hydrogen-bond donors (Lipinski definition) is 0. The SMILES string of the molecule is CCCCN(C)Cc1cccc(S(=O)(=O)N(C)C)c1. The molecule has 0 saturated carbocycles. The van der Waals surface area contributed by atoms with Crippen molar-refractivity contribution in [2.75, 3.05) is 27.7 Å². The number of nitrogens with zero attached hydrogens (tertiary/aromatic N) is 2. The van der Waals surface area contributed by atoms with Gasteiger partial charge in [0.05, 0.1) is 4.90 Å². The molecule has 0 heterocycles. The fourth-order valence-electron chi connectivity index (χ4n) is 1.83. The Morgan fingerprint density at radius 2 is 1.84 bits per heavy atom. The Morgan fingerprint density at radius 3 is 2.42 bits per heavy atom. The molecule has 0 aromatic heterocycles. The van der Waals surface area contributed by atoms with E-state index in [1.165, 1.54) is 10.7 Å². The van der Waals surface area contributed by atoms with E-state index >= 15 is 0 Å². The zero-order valence-electron chi connectivity index (χ0n) is 12.3. The second kappa shape index (κ2) is 7.03. The first-order chi connectivity index (χ1) is 8.87. The van der Waals surface area contributed by atoms with Gasteiger partial charge < -0.3 is 4.90 Å². The highest BCUT2D eigenvalue weighted by molar-refractivity contribution is 7.89. The van der Waals surface area contributed by atoms with Gasteiger partial charge in [-0.2, -0.15) is 0 Å². The van der Waals surface area contributed by atoms with E-state index in [0.717, 1.165) is 25.1 Å². The second-order valence-corrected chi connectivity index (χ2v) is 7.18. The lowest BCUT2D eigenvalue weighted by Crippen LogP contribution is -2.23. The highest BCUT2D eigenvalue weighted by Gasteiger charge is 2.17. The third-order valence-electron chi connectivity index (χ3n) is 3.02. The number of unbranched alkanes of at least 4 members (excludes halogenated alkanes) is 1. The maximum absolute atomic E-state index is 12.1. The molecule has 1 aromatic carbocycles. The molecule has 108 valence electrons. The summed E-state index contributed by atoms with van der Waals surface area (Å²) in [5, 5.41) is 0. The van der Waals surface area contributed by atoms with Gasteiger partial charge in [-0.15, -0.1) is 0 Å². The fourth-order valence-corrected chi connectivity index (χ4v) is 2.81. The van der Waals surface area contributed by atoms with Crippen LogP contribution < -0.4 is 0 Å². The van der Waals surface area contributed by atoms with E-state index in [1.54, 1.807) is 32.3 Å². The van der Waals surface area contributed by atoms with Crippen molar-refractivity contribution in [1.29, 1.82) is 0 Å². The Labute approximate surface area is 117 Å². The molecule has 19 heavy (non-hydrogen) atoms. The van der Waals surface area contributed by atoms with E-state index in [0.29, 0.717) is 4.90 Å². The molecule has 0 atom stereocenters. The van der Waals surface area contributed by atoms with Crippen LogP contribution in [-0.2, 0) is 16.6 Å². The van der Waals surface area contributed by atoms with Crippen LogP contribution in [0.3, 0.4) is 0 Å². The van der Waals surface area contributed by atoms with Crippen LogP contribution in [0.25, 0.3) is 0 Å². The summed E-state index contributed by atoms with van der Waals surface area (Å²) in [6.45, 7) is 3.97. The first-order valence-corrected chi connectivity index (χ1v) is 8.02. The van der Waals surface area contributed by atoms with E-state index in [2.05, 4.69) is 18.9 Å². The average Bonchev–Trinajstić information content (AvgIpc) is 2.36. The van der Waals surface area contributed by atoms with E-state index in [1.807, 2.05) is 6.07 Å². The number of sulfonamides is 1. The molecule has 0 saturated heterocycles. The van der Waals surface area contributed by atoms with E-state index in [9.17, 15) is 8.42 Å². The lowest BCUT2D eigenvalue weighted by Gasteiger charge is -2.17. The van der Waals surface area contributed by atoms with Gasteiger partial charge in [0.1, 0.15) is 0 Å². The van der Waals surface area contributed by atoms with Gasteiger partial charge in [-0.1, -0.05) is 25.5 Å². The summed E-state index contributed by atoms with van der Waals surface area (Å²) in [7, 11) is 1.82. The minimum atomic E-state index is -3.34. The van der Waals surface area contributed by atoms with Gasteiger partial charge >= 0.3 is 0 Å². The normalized spacial score (nSPS) is 12.3. The summed E-state index contributed by atoms with van der Waals surface area (Å²) in [4.78, 5) is 2.57. The van der Waals surface area contributed by atoms with Crippen molar-refractivity contribution in [1.82, 2.24) is 9.21 Å². The first kappa shape index (κ1) is 16.1. The molecule has 1 rings (SSSR count). The van der Waals surface area contributed by atoms with Crippen LogP contribution in [0.15, 0.2) is 29.2 Å². The minimum absolute atomic E-state index is 0.360. The number of benzene rings is 1. The van der Waals surface area contributed by atoms with E-state index < -0.39 is 10.0 Å². The summed E-state index contributed by atoms with van der Waals surface area (Å²) in [6.07, 6.45) is 2.32. The Balaban J connectivity index is 2.84. The predicted octanol–water partition coefficient (Wildman–Crippen LogP) is 2.17. The molecule has 0 aliphatic rings. The van der Waals surface area contributed by atoms with Gasteiger partial charge in [-0.05, 0) is 37.7 Å². The van der Waals surface area contributed by atoms with Gasteiger partial charge in [0.25, 0.3) is 0 Å². The molecule has 0 unspecified atom stereocenters. The molecule has 0 fully saturated rings. The zero-order valence-corrected chi connectivity index (χ0v) is 13.1. The van der Waals surface area contributed by atoms with Crippen LogP contribution in [0.2, 0.25) is 0 Å². The van der Waals surface area contributed by atoms with Crippen molar-refractivity contribution in [3.63, 3.8) is 0 Å². The number of rotatable bonds is 7. The van der Waals surface area contributed by atoms with Crippen LogP contribution in [0.5, 0.6) is 0 Å². The number of hydrogen-bond acceptors (Lipinski definition) is 3. The monoisotopic (exact) mass is 284 g/mol. The Kier molecular flexibility index (Phi) is 5.97. The maximum Gasteiger partial charge on any atom is 0.242 e. The summed E-state index contributed by atoms with van der Waals surface area (Å²) in [6, 6.07) is 7.18. The molecule has 0 spiro atoms. The second-order valence-electron chi connectivity index (χ2n) is 5.03. The predicted molar refractivity (Wildman–Crippen MR) is 78.6 cm³/mol. The summed E-state index contributed by atoms with van der Waals surface area (Å²) in [5.74, 6) is 0. The minimum Gasteiger partial charge on any atom is -0.302 e. The molecule has 5 heteroatoms. The zero-order chi connectivity index (χ0) is 14.5. The Morgan fingerprint density at radius 1 is 1.16 bits per heavy atom. The summed E-state index contributed by atoms with van der Waals surface area (Å²) < 4.78 is 25.4. The Bertz CT molecular complexity index is 498. The standard InChI is InChI=1S/C14H24N2O2S/c1-5-6-10-16(4)12-13-8-7-9-14(11-13)19(17,18)15(2)3/h7-9,11H,5-6,10,12H2,1-4H3. The van der Waals surface area contributed by atoms with Gasteiger partial charge in [0.15, 0.2) is 0 Å². The van der Waals surface area contributed by atoms with Crippen molar-refractivity contribution < 1.29 is 8.42 Å². The molecule has 0 aliphatic carbocycles. The first-order valence-electron chi connectivity index (χ1n) is 6.58. The molecular weight excluding hydrogens is 260 g/mol. The molecule has 0 bridgehead atoms. The van der Waals surface area contributed by atoms with Gasteiger partial charge in [0, 0.05) is 20.6 Å². The molecule has 1 aromatic rings. The summed E-state index contributed by atoms with van der Waals surface area (Å²) in [5.41, 5.74) is 1.03. The smallest absolute Gasteiger partial charge is 0.242 e. The van der Waals surface area contributed by atoms with Crippen LogP contribution in [0.1, 0.15) is 25.3 Å². The molecule has 0 radical (unpaired) electrons.